The summed E-state index contributed by atoms with van der Waals surface area (Å²) in [5.41, 5.74) is 1.64. The van der Waals surface area contributed by atoms with Crippen molar-refractivity contribution in [2.24, 2.45) is 0 Å². The summed E-state index contributed by atoms with van der Waals surface area (Å²) in [5.74, 6) is 0. The van der Waals surface area contributed by atoms with Crippen LogP contribution in [0.15, 0.2) is 118 Å². The lowest BCUT2D eigenvalue weighted by molar-refractivity contribution is 0.957. The minimum atomic E-state index is -0.410. The molecule has 0 atom stereocenters. The molecule has 0 spiro atoms. The van der Waals surface area contributed by atoms with Gasteiger partial charge in [0, 0.05) is 21.5 Å². The Labute approximate surface area is 193 Å². The number of para-hydroxylation sites is 1. The molecule has 0 saturated heterocycles. The molecule has 0 amide bonds. The minimum absolute atomic E-state index is 0.223. The number of rotatable bonds is 2. The standard InChI is InChI=1S/C29H18N2O3/c32-27-21-13-7-8-14-22(21)28(33)25-23(27)16-15-19-17-24(18-9-3-1-4-10-18)31(29(34)30-26(19)25)20-11-5-2-6-12-20/h1-17H,(H,30,34). The minimum Gasteiger partial charge on any atom is -0.306 e. The van der Waals surface area contributed by atoms with Crippen LogP contribution in [0.1, 0.15) is 0 Å². The predicted molar refractivity (Wildman–Crippen MR) is 137 cm³/mol. The molecule has 1 heterocycles. The van der Waals surface area contributed by atoms with E-state index in [2.05, 4.69) is 4.98 Å². The van der Waals surface area contributed by atoms with Gasteiger partial charge in [0.2, 0.25) is 0 Å². The van der Waals surface area contributed by atoms with Crippen molar-refractivity contribution in [1.29, 1.82) is 0 Å². The normalized spacial score (nSPS) is 11.3. The van der Waals surface area contributed by atoms with Gasteiger partial charge in [0.25, 0.3) is 0 Å². The number of benzene rings is 5. The zero-order chi connectivity index (χ0) is 23.2. The third-order valence-electron chi connectivity index (χ3n) is 6.18. The van der Waals surface area contributed by atoms with E-state index in [0.29, 0.717) is 38.4 Å². The molecule has 0 unspecified atom stereocenters. The summed E-state index contributed by atoms with van der Waals surface area (Å²) in [7, 11) is 0. The fourth-order valence-electron chi connectivity index (χ4n) is 4.60. The molecule has 5 nitrogen and oxygen atoms in total. The van der Waals surface area contributed by atoms with E-state index in [9.17, 15) is 14.4 Å². The van der Waals surface area contributed by atoms with E-state index in [1.165, 1.54) is 0 Å². The van der Waals surface area contributed by atoms with Crippen molar-refractivity contribution in [2.45, 2.75) is 0 Å². The zero-order valence-corrected chi connectivity index (χ0v) is 18.0. The predicted octanol–water partition coefficient (Wildman–Crippen LogP) is 5.01. The van der Waals surface area contributed by atoms with Crippen LogP contribution in [-0.4, -0.2) is 9.55 Å². The Morgan fingerprint density at radius 1 is 0.588 bits per heavy atom. The van der Waals surface area contributed by atoms with Crippen molar-refractivity contribution < 1.29 is 0 Å². The van der Waals surface area contributed by atoms with E-state index in [1.54, 1.807) is 41.0 Å². The summed E-state index contributed by atoms with van der Waals surface area (Å²) >= 11 is 0. The van der Waals surface area contributed by atoms with Gasteiger partial charge in [-0.3, -0.25) is 14.2 Å². The first-order chi connectivity index (χ1) is 16.6. The number of H-pyrrole nitrogens is 1. The lowest BCUT2D eigenvalue weighted by atomic mass is 9.99. The number of aromatic amines is 1. The quantitative estimate of drug-likeness (QED) is 0.383. The van der Waals surface area contributed by atoms with Crippen LogP contribution in [0, 0.1) is 0 Å². The number of hydrogen-bond acceptors (Lipinski definition) is 3. The van der Waals surface area contributed by atoms with E-state index >= 15 is 0 Å². The SMILES string of the molecule is O=c1c2ccccc2c(=O)c2c1ccc1cc(-c3ccccc3)n(-c3ccccc3)c(=O)[nH]c12. The largest absolute Gasteiger partial charge is 0.330 e. The van der Waals surface area contributed by atoms with Crippen LogP contribution in [0.5, 0.6) is 0 Å². The summed E-state index contributed by atoms with van der Waals surface area (Å²) in [5, 5.41) is 1.91. The lowest BCUT2D eigenvalue weighted by Gasteiger charge is -2.10. The molecule has 0 bridgehead atoms. The smallest absolute Gasteiger partial charge is 0.306 e. The van der Waals surface area contributed by atoms with Crippen LogP contribution >= 0.6 is 0 Å². The first-order valence-corrected chi connectivity index (χ1v) is 10.9. The van der Waals surface area contributed by atoms with Crippen LogP contribution in [-0.2, 0) is 0 Å². The maximum atomic E-state index is 13.7. The van der Waals surface area contributed by atoms with Crippen molar-refractivity contribution >= 4 is 32.4 Å². The molecule has 0 aliphatic rings. The molecule has 5 aromatic carbocycles. The molecule has 34 heavy (non-hydrogen) atoms. The van der Waals surface area contributed by atoms with Gasteiger partial charge in [-0.25, -0.2) is 4.79 Å². The van der Waals surface area contributed by atoms with Crippen molar-refractivity contribution in [2.75, 3.05) is 0 Å². The van der Waals surface area contributed by atoms with E-state index in [1.807, 2.05) is 66.7 Å². The Balaban J connectivity index is 1.86. The molecular weight excluding hydrogens is 424 g/mol. The van der Waals surface area contributed by atoms with Crippen molar-refractivity contribution in [3.05, 3.63) is 134 Å². The summed E-state index contributed by atoms with van der Waals surface area (Å²) < 4.78 is 1.59. The topological polar surface area (TPSA) is 71.9 Å². The average molecular weight is 442 g/mol. The second kappa shape index (κ2) is 7.67. The lowest BCUT2D eigenvalue weighted by Crippen LogP contribution is -2.20. The first kappa shape index (κ1) is 19.9. The fourth-order valence-corrected chi connectivity index (χ4v) is 4.60. The molecule has 5 heteroatoms. The highest BCUT2D eigenvalue weighted by Crippen LogP contribution is 2.26. The van der Waals surface area contributed by atoms with Crippen LogP contribution in [0.4, 0.5) is 0 Å². The summed E-state index contributed by atoms with van der Waals surface area (Å²) in [6, 6.07) is 31.1. The number of hydrogen-bond donors (Lipinski definition) is 1. The molecule has 162 valence electrons. The molecule has 0 aliphatic carbocycles. The van der Waals surface area contributed by atoms with Gasteiger partial charge in [-0.05, 0) is 29.8 Å². The maximum absolute atomic E-state index is 13.7. The van der Waals surface area contributed by atoms with Crippen LogP contribution in [0.25, 0.3) is 49.4 Å². The van der Waals surface area contributed by atoms with Gasteiger partial charge in [0.1, 0.15) is 0 Å². The Kier molecular flexibility index (Phi) is 4.49. The molecular formula is C29H18N2O3. The highest BCUT2D eigenvalue weighted by Gasteiger charge is 2.16. The van der Waals surface area contributed by atoms with Gasteiger partial charge < -0.3 is 4.98 Å². The third kappa shape index (κ3) is 2.98. The van der Waals surface area contributed by atoms with E-state index in [4.69, 9.17) is 0 Å². The summed E-state index contributed by atoms with van der Waals surface area (Å²) in [4.78, 5) is 43.3. The fraction of sp³-hybridized carbons (Fsp3) is 0. The van der Waals surface area contributed by atoms with E-state index < -0.39 is 5.69 Å². The van der Waals surface area contributed by atoms with Gasteiger partial charge >= 0.3 is 5.69 Å². The highest BCUT2D eigenvalue weighted by atomic mass is 16.1. The van der Waals surface area contributed by atoms with Crippen molar-refractivity contribution in [3.63, 3.8) is 0 Å². The van der Waals surface area contributed by atoms with Crippen LogP contribution in [0.2, 0.25) is 0 Å². The third-order valence-corrected chi connectivity index (χ3v) is 6.18. The van der Waals surface area contributed by atoms with E-state index in [0.717, 1.165) is 5.56 Å². The first-order valence-electron chi connectivity index (χ1n) is 10.9. The Bertz CT molecular complexity index is 1910. The second-order valence-corrected chi connectivity index (χ2v) is 8.15. The van der Waals surface area contributed by atoms with Crippen molar-refractivity contribution in [3.8, 4) is 16.9 Å². The number of fused-ring (bicyclic) bond motifs is 4. The maximum Gasteiger partial charge on any atom is 0.330 e. The van der Waals surface area contributed by atoms with Gasteiger partial charge in [0.05, 0.1) is 22.3 Å². The van der Waals surface area contributed by atoms with Crippen molar-refractivity contribution in [1.82, 2.24) is 9.55 Å². The second-order valence-electron chi connectivity index (χ2n) is 8.15. The molecule has 6 rings (SSSR count). The van der Waals surface area contributed by atoms with Gasteiger partial charge in [-0.1, -0.05) is 78.9 Å². The molecule has 0 saturated carbocycles. The summed E-state index contributed by atoms with van der Waals surface area (Å²) in [6.45, 7) is 0. The van der Waals surface area contributed by atoms with Crippen LogP contribution in [0.3, 0.4) is 0 Å². The Morgan fingerprint density at radius 3 is 1.91 bits per heavy atom. The molecule has 0 fully saturated rings. The average Bonchev–Trinajstić information content (AvgIpc) is 3.03. The van der Waals surface area contributed by atoms with Crippen LogP contribution < -0.4 is 16.5 Å². The number of nitrogens with zero attached hydrogens (tertiary/aromatic N) is 1. The van der Waals surface area contributed by atoms with Gasteiger partial charge in [-0.2, -0.15) is 0 Å². The molecule has 1 aromatic heterocycles. The zero-order valence-electron chi connectivity index (χ0n) is 18.0. The molecule has 0 aliphatic heterocycles. The molecule has 6 aromatic rings. The number of aromatic nitrogens is 2. The number of nitrogens with one attached hydrogen (secondary N) is 1. The molecule has 0 radical (unpaired) electrons. The summed E-state index contributed by atoms with van der Waals surface area (Å²) in [6.07, 6.45) is 0. The Hall–Kier alpha value is -4.77. The van der Waals surface area contributed by atoms with Gasteiger partial charge in [-0.15, -0.1) is 0 Å². The monoisotopic (exact) mass is 442 g/mol. The van der Waals surface area contributed by atoms with Gasteiger partial charge in [0.15, 0.2) is 10.9 Å². The molecule has 1 N–H and O–H groups in total. The Morgan fingerprint density at radius 2 is 1.21 bits per heavy atom. The highest BCUT2D eigenvalue weighted by molar-refractivity contribution is 6.10. The van der Waals surface area contributed by atoms with E-state index in [-0.39, 0.29) is 16.2 Å².